The number of benzene rings is 1. The van der Waals surface area contributed by atoms with Gasteiger partial charge >= 0.3 is 12.1 Å². The third-order valence-electron chi connectivity index (χ3n) is 5.98. The Morgan fingerprint density at radius 3 is 2.79 bits per heavy atom. The summed E-state index contributed by atoms with van der Waals surface area (Å²) < 4.78 is 5.55. The summed E-state index contributed by atoms with van der Waals surface area (Å²) in [6.45, 7) is 5.43. The van der Waals surface area contributed by atoms with Crippen molar-refractivity contribution in [2.75, 3.05) is 32.8 Å². The normalized spacial score (nSPS) is 25.0. The fraction of sp³-hybridized carbons (Fsp3) is 0.600. The van der Waals surface area contributed by atoms with Gasteiger partial charge in [0.25, 0.3) is 0 Å². The Morgan fingerprint density at radius 2 is 2.04 bits per heavy atom. The lowest BCUT2D eigenvalue weighted by atomic mass is 9.90. The zero-order valence-corrected chi connectivity index (χ0v) is 16.8. The number of likely N-dealkylation sites (tertiary alicyclic amines) is 1. The van der Waals surface area contributed by atoms with E-state index < -0.39 is 6.09 Å². The second-order valence-electron chi connectivity index (χ2n) is 7.85. The van der Waals surface area contributed by atoms with Gasteiger partial charge in [0.1, 0.15) is 0 Å². The second-order valence-corrected chi connectivity index (χ2v) is 8.28. The maximum Gasteiger partial charge on any atom is 0.407 e. The number of nitrogens with zero attached hydrogens (tertiary/aromatic N) is 3. The molecule has 0 unspecified atom stereocenters. The van der Waals surface area contributed by atoms with Gasteiger partial charge in [-0.3, -0.25) is 0 Å². The molecule has 3 aliphatic heterocycles. The van der Waals surface area contributed by atoms with E-state index in [9.17, 15) is 14.7 Å². The van der Waals surface area contributed by atoms with Gasteiger partial charge in [0.2, 0.25) is 0 Å². The summed E-state index contributed by atoms with van der Waals surface area (Å²) in [7, 11) is 0. The first-order chi connectivity index (χ1) is 13.4. The number of hydrogen-bond donors (Lipinski definition) is 1. The number of fused-ring (bicyclic) bond motifs is 1. The first-order valence-corrected chi connectivity index (χ1v) is 10.3. The summed E-state index contributed by atoms with van der Waals surface area (Å²) in [4.78, 5) is 29.9. The molecule has 3 aliphatic rings. The average Bonchev–Trinajstić information content (AvgIpc) is 3.16. The van der Waals surface area contributed by atoms with Crippen LogP contribution in [0.1, 0.15) is 42.5 Å². The third kappa shape index (κ3) is 3.65. The first-order valence-electron chi connectivity index (χ1n) is 9.90. The van der Waals surface area contributed by atoms with Crippen LogP contribution in [0.15, 0.2) is 12.1 Å². The van der Waals surface area contributed by atoms with Crippen LogP contribution in [0.3, 0.4) is 0 Å². The Morgan fingerprint density at radius 1 is 1.21 bits per heavy atom. The highest BCUT2D eigenvalue weighted by molar-refractivity contribution is 6.30. The van der Waals surface area contributed by atoms with Crippen LogP contribution in [0.4, 0.5) is 9.59 Å². The number of amides is 3. The Labute approximate surface area is 169 Å². The van der Waals surface area contributed by atoms with E-state index in [0.717, 1.165) is 36.0 Å². The van der Waals surface area contributed by atoms with Crippen LogP contribution in [-0.4, -0.2) is 70.8 Å². The summed E-state index contributed by atoms with van der Waals surface area (Å²) in [5.41, 5.74) is 3.14. The van der Waals surface area contributed by atoms with Crippen LogP contribution in [-0.2, 0) is 17.7 Å². The van der Waals surface area contributed by atoms with Crippen LogP contribution in [0, 0.1) is 0 Å². The van der Waals surface area contributed by atoms with E-state index in [1.54, 1.807) is 0 Å². The fourth-order valence-electron chi connectivity index (χ4n) is 4.63. The number of carbonyl (C=O) groups excluding carboxylic acids is 1. The van der Waals surface area contributed by atoms with E-state index in [0.29, 0.717) is 44.4 Å². The SMILES string of the molecule is C[C@H]1CN(C(=O)N2CCc3cc(Cl)cc([C@@H]4CCCN4C(=O)O)c3C2)CCO1. The summed E-state index contributed by atoms with van der Waals surface area (Å²) in [6, 6.07) is 3.68. The van der Waals surface area contributed by atoms with Gasteiger partial charge in [0.15, 0.2) is 0 Å². The van der Waals surface area contributed by atoms with Crippen molar-refractivity contribution in [3.05, 3.63) is 33.8 Å². The zero-order valence-electron chi connectivity index (χ0n) is 16.1. The molecule has 2 atom stereocenters. The minimum absolute atomic E-state index is 0.0308. The molecule has 3 heterocycles. The highest BCUT2D eigenvalue weighted by atomic mass is 35.5. The predicted molar refractivity (Wildman–Crippen MR) is 105 cm³/mol. The van der Waals surface area contributed by atoms with Gasteiger partial charge in [-0.05, 0) is 55.0 Å². The quantitative estimate of drug-likeness (QED) is 0.774. The van der Waals surface area contributed by atoms with Gasteiger partial charge in [-0.2, -0.15) is 0 Å². The van der Waals surface area contributed by atoms with Crippen molar-refractivity contribution in [3.8, 4) is 0 Å². The van der Waals surface area contributed by atoms with Crippen LogP contribution in [0.2, 0.25) is 5.02 Å². The topological polar surface area (TPSA) is 73.3 Å². The molecule has 1 aromatic rings. The van der Waals surface area contributed by atoms with Crippen molar-refractivity contribution < 1.29 is 19.4 Å². The molecule has 3 amide bonds. The molecular weight excluding hydrogens is 382 g/mol. The summed E-state index contributed by atoms with van der Waals surface area (Å²) in [5, 5.41) is 10.2. The number of urea groups is 1. The zero-order chi connectivity index (χ0) is 19.8. The maximum absolute atomic E-state index is 13.0. The molecule has 7 nitrogen and oxygen atoms in total. The molecule has 2 saturated heterocycles. The lowest BCUT2D eigenvalue weighted by Crippen LogP contribution is -2.51. The summed E-state index contributed by atoms with van der Waals surface area (Å²) in [6.07, 6.45) is 1.50. The Bertz CT molecular complexity index is 787. The standard InChI is InChI=1S/C20H26ClN3O4/c1-13-11-23(7-8-28-13)19(25)22-6-4-14-9-15(21)10-16(17(14)12-22)18-3-2-5-24(18)20(26)27/h9-10,13,18H,2-8,11-12H2,1H3,(H,26,27)/t13-,18-/m0/s1. The Hall–Kier alpha value is -1.99. The van der Waals surface area contributed by atoms with Crippen LogP contribution < -0.4 is 0 Å². The van der Waals surface area contributed by atoms with Gasteiger partial charge in [-0.25, -0.2) is 9.59 Å². The molecule has 0 spiro atoms. The van der Waals surface area contributed by atoms with Crippen molar-refractivity contribution in [1.82, 2.24) is 14.7 Å². The highest BCUT2D eigenvalue weighted by Crippen LogP contribution is 2.38. The van der Waals surface area contributed by atoms with Gasteiger partial charge in [0, 0.05) is 37.7 Å². The van der Waals surface area contributed by atoms with Crippen LogP contribution >= 0.6 is 11.6 Å². The van der Waals surface area contributed by atoms with E-state index in [1.807, 2.05) is 28.9 Å². The van der Waals surface area contributed by atoms with E-state index in [2.05, 4.69) is 0 Å². The van der Waals surface area contributed by atoms with Crippen molar-refractivity contribution >= 4 is 23.7 Å². The Kier molecular flexibility index (Phi) is 5.38. The smallest absolute Gasteiger partial charge is 0.407 e. The molecule has 8 heteroatoms. The molecule has 152 valence electrons. The number of ether oxygens (including phenoxy) is 1. The van der Waals surface area contributed by atoms with E-state index in [-0.39, 0.29) is 18.2 Å². The number of halogens is 1. The van der Waals surface area contributed by atoms with Gasteiger partial charge in [-0.15, -0.1) is 0 Å². The molecule has 4 rings (SSSR count). The number of morpholine rings is 1. The number of rotatable bonds is 1. The van der Waals surface area contributed by atoms with Gasteiger partial charge < -0.3 is 24.5 Å². The lowest BCUT2D eigenvalue weighted by Gasteiger charge is -2.38. The van der Waals surface area contributed by atoms with E-state index >= 15 is 0 Å². The van der Waals surface area contributed by atoms with Gasteiger partial charge in [-0.1, -0.05) is 11.6 Å². The predicted octanol–water partition coefficient (Wildman–Crippen LogP) is 3.35. The van der Waals surface area contributed by atoms with Crippen molar-refractivity contribution in [2.24, 2.45) is 0 Å². The van der Waals surface area contributed by atoms with E-state index in [1.165, 1.54) is 4.90 Å². The molecule has 0 bridgehead atoms. The molecule has 0 aliphatic carbocycles. The van der Waals surface area contributed by atoms with E-state index in [4.69, 9.17) is 16.3 Å². The molecule has 2 fully saturated rings. The number of hydrogen-bond acceptors (Lipinski definition) is 3. The highest BCUT2D eigenvalue weighted by Gasteiger charge is 2.35. The molecule has 0 radical (unpaired) electrons. The minimum atomic E-state index is -0.901. The van der Waals surface area contributed by atoms with Crippen LogP contribution in [0.25, 0.3) is 0 Å². The second kappa shape index (κ2) is 7.79. The number of carbonyl (C=O) groups is 2. The van der Waals surface area contributed by atoms with Crippen molar-refractivity contribution in [2.45, 2.75) is 44.9 Å². The molecule has 0 aromatic heterocycles. The molecule has 1 N–H and O–H groups in total. The third-order valence-corrected chi connectivity index (χ3v) is 6.20. The van der Waals surface area contributed by atoms with Crippen molar-refractivity contribution in [3.63, 3.8) is 0 Å². The summed E-state index contributed by atoms with van der Waals surface area (Å²) >= 11 is 6.36. The monoisotopic (exact) mass is 407 g/mol. The van der Waals surface area contributed by atoms with Crippen LogP contribution in [0.5, 0.6) is 0 Å². The average molecular weight is 408 g/mol. The fourth-order valence-corrected chi connectivity index (χ4v) is 4.88. The lowest BCUT2D eigenvalue weighted by molar-refractivity contribution is -0.00975. The molecule has 28 heavy (non-hydrogen) atoms. The molecule has 1 aromatic carbocycles. The largest absolute Gasteiger partial charge is 0.465 e. The first kappa shape index (κ1) is 19.3. The molecule has 0 saturated carbocycles. The Balaban J connectivity index is 1.60. The maximum atomic E-state index is 13.0. The van der Waals surface area contributed by atoms with Crippen molar-refractivity contribution in [1.29, 1.82) is 0 Å². The molecular formula is C20H26ClN3O4. The number of carboxylic acid groups (broad SMARTS) is 1. The minimum Gasteiger partial charge on any atom is -0.465 e. The van der Waals surface area contributed by atoms with Gasteiger partial charge in [0.05, 0.1) is 18.8 Å². The summed E-state index contributed by atoms with van der Waals surface area (Å²) in [5.74, 6) is 0.